The zero-order valence-electron chi connectivity index (χ0n) is 11.0. The van der Waals surface area contributed by atoms with E-state index in [1.807, 2.05) is 0 Å². The Kier molecular flexibility index (Phi) is 4.21. The average Bonchev–Trinajstić information content (AvgIpc) is 2.39. The fourth-order valence-corrected chi connectivity index (χ4v) is 2.48. The highest BCUT2D eigenvalue weighted by atomic mass is 16.5. The van der Waals surface area contributed by atoms with Gasteiger partial charge in [-0.25, -0.2) is 9.78 Å². The molecule has 6 heteroatoms. The number of aromatic carboxylic acids is 1. The second-order valence-electron chi connectivity index (χ2n) is 4.85. The molecule has 1 atom stereocenters. The Hall–Kier alpha value is -1.82. The molecule has 1 aliphatic heterocycles. The van der Waals surface area contributed by atoms with Crippen LogP contribution in [-0.2, 0) is 4.74 Å². The molecule has 3 N–H and O–H groups in total. The van der Waals surface area contributed by atoms with Crippen molar-refractivity contribution in [3.05, 3.63) is 17.8 Å². The summed E-state index contributed by atoms with van der Waals surface area (Å²) in [5, 5.41) is 8.90. The summed E-state index contributed by atoms with van der Waals surface area (Å²) in [6, 6.07) is 1.46. The number of ether oxygens (including phenoxy) is 1. The van der Waals surface area contributed by atoms with Crippen molar-refractivity contribution in [2.45, 2.75) is 12.8 Å². The third-order valence-corrected chi connectivity index (χ3v) is 3.36. The highest BCUT2D eigenvalue weighted by Crippen LogP contribution is 2.26. The van der Waals surface area contributed by atoms with Crippen LogP contribution in [-0.4, -0.2) is 42.9 Å². The van der Waals surface area contributed by atoms with Crippen molar-refractivity contribution in [3.63, 3.8) is 0 Å². The predicted molar refractivity (Wildman–Crippen MR) is 72.4 cm³/mol. The Morgan fingerprint density at radius 2 is 2.47 bits per heavy atom. The van der Waals surface area contributed by atoms with Crippen LogP contribution in [0.3, 0.4) is 0 Å². The zero-order chi connectivity index (χ0) is 13.8. The largest absolute Gasteiger partial charge is 0.478 e. The van der Waals surface area contributed by atoms with E-state index in [1.165, 1.54) is 12.3 Å². The first-order valence-corrected chi connectivity index (χ1v) is 6.34. The summed E-state index contributed by atoms with van der Waals surface area (Å²) >= 11 is 0. The van der Waals surface area contributed by atoms with Gasteiger partial charge >= 0.3 is 5.97 Å². The molecule has 1 fully saturated rings. The minimum atomic E-state index is -1.01. The molecule has 1 unspecified atom stereocenters. The van der Waals surface area contributed by atoms with Crippen LogP contribution >= 0.6 is 0 Å². The van der Waals surface area contributed by atoms with Crippen molar-refractivity contribution < 1.29 is 14.6 Å². The third kappa shape index (κ3) is 3.14. The van der Waals surface area contributed by atoms with Gasteiger partial charge in [0.1, 0.15) is 0 Å². The van der Waals surface area contributed by atoms with Crippen molar-refractivity contribution in [1.29, 1.82) is 0 Å². The van der Waals surface area contributed by atoms with E-state index < -0.39 is 5.97 Å². The van der Waals surface area contributed by atoms with Crippen molar-refractivity contribution in [3.8, 4) is 0 Å². The Morgan fingerprint density at radius 3 is 3.11 bits per heavy atom. The lowest BCUT2D eigenvalue weighted by atomic mass is 9.99. The lowest BCUT2D eigenvalue weighted by Crippen LogP contribution is -2.38. The maximum Gasteiger partial charge on any atom is 0.337 e. The molecule has 0 radical (unpaired) electrons. The molecule has 1 aliphatic rings. The van der Waals surface area contributed by atoms with E-state index >= 15 is 0 Å². The number of hydrogen-bond donors (Lipinski definition) is 2. The Labute approximate surface area is 112 Å². The van der Waals surface area contributed by atoms with Crippen LogP contribution in [0.2, 0.25) is 0 Å². The Bertz CT molecular complexity index is 462. The second-order valence-corrected chi connectivity index (χ2v) is 4.85. The summed E-state index contributed by atoms with van der Waals surface area (Å²) < 4.78 is 5.19. The molecule has 1 aromatic heterocycles. The summed E-state index contributed by atoms with van der Waals surface area (Å²) in [5.74, 6) is 0.131. The molecule has 2 heterocycles. The molecule has 0 amide bonds. The van der Waals surface area contributed by atoms with Crippen LogP contribution in [0.5, 0.6) is 0 Å². The maximum absolute atomic E-state index is 10.9. The van der Waals surface area contributed by atoms with Gasteiger partial charge in [0.25, 0.3) is 0 Å². The van der Waals surface area contributed by atoms with E-state index in [2.05, 4.69) is 9.88 Å². The van der Waals surface area contributed by atoms with E-state index in [-0.39, 0.29) is 5.56 Å². The number of aromatic nitrogens is 1. The summed E-state index contributed by atoms with van der Waals surface area (Å²) in [5.41, 5.74) is 6.44. The lowest BCUT2D eigenvalue weighted by molar-refractivity contribution is 0.0696. The summed E-state index contributed by atoms with van der Waals surface area (Å²) in [7, 11) is 1.70. The second kappa shape index (κ2) is 5.88. The topological polar surface area (TPSA) is 88.7 Å². The van der Waals surface area contributed by atoms with Crippen LogP contribution < -0.4 is 10.6 Å². The number of piperidine rings is 1. The average molecular weight is 265 g/mol. The fourth-order valence-electron chi connectivity index (χ4n) is 2.48. The molecular weight excluding hydrogens is 246 g/mol. The maximum atomic E-state index is 10.9. The predicted octanol–water partition coefficient (Wildman–Crippen LogP) is 1.22. The molecule has 0 spiro atoms. The molecule has 0 bridgehead atoms. The van der Waals surface area contributed by atoms with Crippen LogP contribution in [0.15, 0.2) is 12.3 Å². The highest BCUT2D eigenvalue weighted by molar-refractivity contribution is 5.89. The molecule has 19 heavy (non-hydrogen) atoms. The highest BCUT2D eigenvalue weighted by Gasteiger charge is 2.22. The van der Waals surface area contributed by atoms with E-state index in [0.717, 1.165) is 32.5 Å². The molecule has 1 aromatic rings. The molecule has 1 saturated heterocycles. The number of anilines is 2. The van der Waals surface area contributed by atoms with Gasteiger partial charge in [-0.1, -0.05) is 0 Å². The molecule has 104 valence electrons. The van der Waals surface area contributed by atoms with Crippen molar-refractivity contribution in [2.75, 3.05) is 37.4 Å². The smallest absolute Gasteiger partial charge is 0.337 e. The number of nitrogens with zero attached hydrogens (tertiary/aromatic N) is 2. The van der Waals surface area contributed by atoms with Gasteiger partial charge in [0.2, 0.25) is 0 Å². The molecular formula is C13H19N3O3. The van der Waals surface area contributed by atoms with Crippen molar-refractivity contribution in [2.24, 2.45) is 5.92 Å². The van der Waals surface area contributed by atoms with Gasteiger partial charge in [-0.3, -0.25) is 0 Å². The molecule has 6 nitrogen and oxygen atoms in total. The number of hydrogen-bond acceptors (Lipinski definition) is 5. The van der Waals surface area contributed by atoms with Gasteiger partial charge in [-0.15, -0.1) is 0 Å². The first kappa shape index (κ1) is 13.6. The lowest BCUT2D eigenvalue weighted by Gasteiger charge is -2.33. The molecule has 2 rings (SSSR count). The third-order valence-electron chi connectivity index (χ3n) is 3.36. The fraction of sp³-hybridized carbons (Fsp3) is 0.538. The van der Waals surface area contributed by atoms with Gasteiger partial charge < -0.3 is 20.5 Å². The number of rotatable bonds is 4. The Balaban J connectivity index is 2.15. The van der Waals surface area contributed by atoms with Crippen molar-refractivity contribution >= 4 is 17.5 Å². The van der Waals surface area contributed by atoms with Gasteiger partial charge in [-0.2, -0.15) is 0 Å². The number of carboxylic acids is 1. The summed E-state index contributed by atoms with van der Waals surface area (Å²) in [6.45, 7) is 2.46. The van der Waals surface area contributed by atoms with Gasteiger partial charge in [0, 0.05) is 26.4 Å². The first-order valence-electron chi connectivity index (χ1n) is 6.34. The quantitative estimate of drug-likeness (QED) is 0.851. The number of nitrogens with two attached hydrogens (primary N) is 1. The molecule has 0 aliphatic carbocycles. The van der Waals surface area contributed by atoms with Crippen LogP contribution in [0.1, 0.15) is 23.2 Å². The standard InChI is InChI=1S/C13H19N3O3/c1-19-8-9-3-2-4-16(7-9)12-11(14)5-10(6-15-12)13(17)18/h5-6,9H,2-4,7-8,14H2,1H3,(H,17,18). The number of nitrogen functional groups attached to an aromatic ring is 1. The van der Waals surface area contributed by atoms with E-state index in [4.69, 9.17) is 15.6 Å². The summed E-state index contributed by atoms with van der Waals surface area (Å²) in [6.07, 6.45) is 3.56. The van der Waals surface area contributed by atoms with Crippen LogP contribution in [0, 0.1) is 5.92 Å². The first-order chi connectivity index (χ1) is 9.11. The van der Waals surface area contributed by atoms with Crippen LogP contribution in [0.25, 0.3) is 0 Å². The normalized spacial score (nSPS) is 19.4. The van der Waals surface area contributed by atoms with Crippen molar-refractivity contribution in [1.82, 2.24) is 4.98 Å². The number of carboxylic acid groups (broad SMARTS) is 1. The van der Waals surface area contributed by atoms with E-state index in [1.54, 1.807) is 7.11 Å². The summed E-state index contributed by atoms with van der Waals surface area (Å²) in [4.78, 5) is 17.2. The zero-order valence-corrected chi connectivity index (χ0v) is 11.0. The Morgan fingerprint density at radius 1 is 1.68 bits per heavy atom. The minimum absolute atomic E-state index is 0.117. The number of carbonyl (C=O) groups is 1. The molecule has 0 aromatic carbocycles. The SMILES string of the molecule is COCC1CCCN(c2ncc(C(=O)O)cc2N)C1. The van der Waals surface area contributed by atoms with E-state index in [0.29, 0.717) is 17.4 Å². The number of pyridine rings is 1. The van der Waals surface area contributed by atoms with Gasteiger partial charge in [0.15, 0.2) is 5.82 Å². The number of methoxy groups -OCH3 is 1. The molecule has 0 saturated carbocycles. The van der Waals surface area contributed by atoms with E-state index in [9.17, 15) is 4.79 Å². The monoisotopic (exact) mass is 265 g/mol. The van der Waals surface area contributed by atoms with Gasteiger partial charge in [-0.05, 0) is 24.8 Å². The minimum Gasteiger partial charge on any atom is -0.478 e. The van der Waals surface area contributed by atoms with Crippen LogP contribution in [0.4, 0.5) is 11.5 Å². The van der Waals surface area contributed by atoms with Gasteiger partial charge in [0.05, 0.1) is 17.9 Å².